The quantitative estimate of drug-likeness (QED) is 0.395. The van der Waals surface area contributed by atoms with E-state index in [-0.39, 0.29) is 12.0 Å². The standard InChI is InChI=1S/C27H39NO3S/c1-19-7-9-20(10-8-19)22-12-15-28(14-5-6-16-29)18-24(22)23-17-21(11-13-27(2,3)4)32-25(23)26(30)31/h17,19-20,29H,5-10,12,14-16,18H2,1-4H3,(H,30,31). The van der Waals surface area contributed by atoms with E-state index in [4.69, 9.17) is 5.11 Å². The van der Waals surface area contributed by atoms with Crippen LogP contribution < -0.4 is 0 Å². The molecule has 176 valence electrons. The van der Waals surface area contributed by atoms with Crippen molar-refractivity contribution in [2.75, 3.05) is 26.2 Å². The van der Waals surface area contributed by atoms with Gasteiger partial charge >= 0.3 is 5.97 Å². The normalized spacial score (nSPS) is 22.5. The van der Waals surface area contributed by atoms with E-state index < -0.39 is 5.97 Å². The molecule has 0 aromatic carbocycles. The Labute approximate surface area is 197 Å². The third kappa shape index (κ3) is 6.70. The maximum Gasteiger partial charge on any atom is 0.346 e. The van der Waals surface area contributed by atoms with Gasteiger partial charge in [-0.1, -0.05) is 37.2 Å². The zero-order valence-electron chi connectivity index (χ0n) is 20.2. The van der Waals surface area contributed by atoms with Gasteiger partial charge in [-0.05, 0) is 82.9 Å². The summed E-state index contributed by atoms with van der Waals surface area (Å²) in [6.45, 7) is 11.6. The van der Waals surface area contributed by atoms with Gasteiger partial charge in [-0.15, -0.1) is 11.3 Å². The predicted octanol–water partition coefficient (Wildman–Crippen LogP) is 5.90. The number of nitrogens with zero attached hydrogens (tertiary/aromatic N) is 1. The van der Waals surface area contributed by atoms with Crippen LogP contribution in [0.2, 0.25) is 0 Å². The first-order chi connectivity index (χ1) is 15.2. The Kier molecular flexibility index (Phi) is 8.61. The van der Waals surface area contributed by atoms with E-state index in [1.54, 1.807) is 0 Å². The summed E-state index contributed by atoms with van der Waals surface area (Å²) in [4.78, 5) is 15.9. The molecule has 32 heavy (non-hydrogen) atoms. The average Bonchev–Trinajstić information content (AvgIpc) is 3.17. The lowest BCUT2D eigenvalue weighted by molar-refractivity contribution is 0.0701. The lowest BCUT2D eigenvalue weighted by Crippen LogP contribution is -2.34. The van der Waals surface area contributed by atoms with Crippen molar-refractivity contribution in [1.29, 1.82) is 0 Å². The molecular weight excluding hydrogens is 418 g/mol. The molecule has 0 spiro atoms. The van der Waals surface area contributed by atoms with Crippen LogP contribution in [0.1, 0.15) is 92.8 Å². The first-order valence-electron chi connectivity index (χ1n) is 12.1. The Hall–Kier alpha value is -1.61. The number of carbonyl (C=O) groups is 1. The van der Waals surface area contributed by atoms with Crippen LogP contribution in [0.15, 0.2) is 11.6 Å². The van der Waals surface area contributed by atoms with Crippen LogP contribution in [-0.2, 0) is 0 Å². The number of rotatable bonds is 7. The molecule has 0 unspecified atom stereocenters. The third-order valence-electron chi connectivity index (χ3n) is 6.67. The number of unbranched alkanes of at least 4 members (excludes halogenated alkanes) is 1. The summed E-state index contributed by atoms with van der Waals surface area (Å²) in [6, 6.07) is 2.03. The first kappa shape index (κ1) is 25.0. The second kappa shape index (κ2) is 11.0. The Bertz CT molecular complexity index is 888. The van der Waals surface area contributed by atoms with E-state index in [1.165, 1.54) is 48.2 Å². The molecule has 1 saturated carbocycles. The summed E-state index contributed by atoms with van der Waals surface area (Å²) in [5.41, 5.74) is 3.50. The molecule has 3 rings (SSSR count). The average molecular weight is 458 g/mol. The van der Waals surface area contributed by atoms with Gasteiger partial charge in [0.25, 0.3) is 0 Å². The van der Waals surface area contributed by atoms with Crippen molar-refractivity contribution < 1.29 is 15.0 Å². The zero-order valence-corrected chi connectivity index (χ0v) is 21.0. The SMILES string of the molecule is CC1CCC(C2=C(c3cc(C#CC(C)(C)C)sc3C(=O)O)CN(CCCCO)CC2)CC1. The first-order valence-corrected chi connectivity index (χ1v) is 13.0. The molecule has 1 aromatic heterocycles. The molecule has 1 fully saturated rings. The van der Waals surface area contributed by atoms with E-state index in [2.05, 4.69) is 44.4 Å². The van der Waals surface area contributed by atoms with Crippen LogP contribution >= 0.6 is 11.3 Å². The summed E-state index contributed by atoms with van der Waals surface area (Å²) in [5, 5.41) is 19.2. The maximum absolute atomic E-state index is 12.2. The smallest absolute Gasteiger partial charge is 0.346 e. The van der Waals surface area contributed by atoms with Crippen LogP contribution in [0, 0.1) is 29.1 Å². The molecule has 5 heteroatoms. The molecule has 0 radical (unpaired) electrons. The Morgan fingerprint density at radius 1 is 1.22 bits per heavy atom. The molecule has 2 N–H and O–H groups in total. The van der Waals surface area contributed by atoms with Gasteiger partial charge in [-0.2, -0.15) is 0 Å². The summed E-state index contributed by atoms with van der Waals surface area (Å²) in [7, 11) is 0. The molecule has 0 bridgehead atoms. The van der Waals surface area contributed by atoms with Gasteiger partial charge in [0.1, 0.15) is 4.88 Å². The summed E-state index contributed by atoms with van der Waals surface area (Å²) >= 11 is 1.31. The van der Waals surface area contributed by atoms with Crippen molar-refractivity contribution in [3.8, 4) is 11.8 Å². The molecule has 2 heterocycles. The van der Waals surface area contributed by atoms with Gasteiger partial charge in [-0.25, -0.2) is 4.79 Å². The minimum atomic E-state index is -0.852. The maximum atomic E-state index is 12.2. The van der Waals surface area contributed by atoms with Gasteiger partial charge in [0, 0.05) is 30.7 Å². The van der Waals surface area contributed by atoms with Crippen molar-refractivity contribution in [3.05, 3.63) is 27.0 Å². The third-order valence-corrected chi connectivity index (χ3v) is 7.71. The second-order valence-corrected chi connectivity index (χ2v) is 11.6. The number of carboxylic acids is 1. The highest BCUT2D eigenvalue weighted by Crippen LogP contribution is 2.42. The highest BCUT2D eigenvalue weighted by Gasteiger charge is 2.30. The number of thiophene rings is 1. The molecule has 0 amide bonds. The minimum Gasteiger partial charge on any atom is -0.477 e. The molecule has 4 nitrogen and oxygen atoms in total. The van der Waals surface area contributed by atoms with E-state index in [0.29, 0.717) is 10.8 Å². The van der Waals surface area contributed by atoms with Crippen molar-refractivity contribution in [1.82, 2.24) is 4.90 Å². The van der Waals surface area contributed by atoms with Gasteiger partial charge in [0.2, 0.25) is 0 Å². The fourth-order valence-electron chi connectivity index (χ4n) is 4.87. The fourth-order valence-corrected chi connectivity index (χ4v) is 5.75. The lowest BCUT2D eigenvalue weighted by atomic mass is 9.75. The van der Waals surface area contributed by atoms with Crippen LogP contribution in [-0.4, -0.2) is 47.3 Å². The Balaban J connectivity index is 1.99. The van der Waals surface area contributed by atoms with Crippen LogP contribution in [0.25, 0.3) is 5.57 Å². The van der Waals surface area contributed by atoms with Gasteiger partial charge < -0.3 is 10.2 Å². The topological polar surface area (TPSA) is 60.8 Å². The van der Waals surface area contributed by atoms with E-state index in [1.807, 2.05) is 6.07 Å². The molecule has 1 aliphatic carbocycles. The molecule has 1 aliphatic heterocycles. The number of carboxylic acid groups (broad SMARTS) is 1. The van der Waals surface area contributed by atoms with Crippen LogP contribution in [0.5, 0.6) is 0 Å². The van der Waals surface area contributed by atoms with E-state index >= 15 is 0 Å². The largest absolute Gasteiger partial charge is 0.477 e. The number of aliphatic hydroxyl groups excluding tert-OH is 1. The van der Waals surface area contributed by atoms with Crippen molar-refractivity contribution in [3.63, 3.8) is 0 Å². The molecular formula is C27H39NO3S. The van der Waals surface area contributed by atoms with Gasteiger partial charge in [-0.3, -0.25) is 4.90 Å². The monoisotopic (exact) mass is 457 g/mol. The molecule has 0 atom stereocenters. The minimum absolute atomic E-state index is 0.120. The fraction of sp³-hybridized carbons (Fsp3) is 0.667. The zero-order chi connectivity index (χ0) is 23.3. The highest BCUT2D eigenvalue weighted by molar-refractivity contribution is 7.14. The van der Waals surface area contributed by atoms with Crippen LogP contribution in [0.4, 0.5) is 0 Å². The van der Waals surface area contributed by atoms with E-state index in [0.717, 1.165) is 55.3 Å². The van der Waals surface area contributed by atoms with Gasteiger partial charge in [0.05, 0.1) is 4.88 Å². The number of aliphatic hydroxyl groups is 1. The highest BCUT2D eigenvalue weighted by atomic mass is 32.1. The van der Waals surface area contributed by atoms with Crippen molar-refractivity contribution in [2.24, 2.45) is 17.3 Å². The summed E-state index contributed by atoms with van der Waals surface area (Å²) in [6.07, 6.45) is 7.76. The lowest BCUT2D eigenvalue weighted by Gasteiger charge is -2.36. The number of hydrogen-bond acceptors (Lipinski definition) is 4. The number of aromatic carboxylic acids is 1. The Morgan fingerprint density at radius 3 is 2.56 bits per heavy atom. The van der Waals surface area contributed by atoms with Gasteiger partial charge in [0.15, 0.2) is 0 Å². The van der Waals surface area contributed by atoms with Crippen molar-refractivity contribution >= 4 is 22.9 Å². The molecule has 0 saturated heterocycles. The summed E-state index contributed by atoms with van der Waals surface area (Å²) < 4.78 is 0. The molecule has 1 aromatic rings. The van der Waals surface area contributed by atoms with E-state index in [9.17, 15) is 9.90 Å². The second-order valence-electron chi connectivity index (χ2n) is 10.6. The predicted molar refractivity (Wildman–Crippen MR) is 133 cm³/mol. The molecule has 2 aliphatic rings. The Morgan fingerprint density at radius 2 is 1.94 bits per heavy atom. The number of hydrogen-bond donors (Lipinski definition) is 2. The van der Waals surface area contributed by atoms with Crippen molar-refractivity contribution in [2.45, 2.75) is 72.6 Å². The van der Waals surface area contributed by atoms with Crippen LogP contribution in [0.3, 0.4) is 0 Å². The summed E-state index contributed by atoms with van der Waals surface area (Å²) in [5.74, 6) is 7.01.